The second-order valence-electron chi connectivity index (χ2n) is 4.50. The molecule has 0 bridgehead atoms. The van der Waals surface area contributed by atoms with Crippen LogP contribution in [0.4, 0.5) is 10.1 Å². The Morgan fingerprint density at radius 3 is 2.48 bits per heavy atom. The Morgan fingerprint density at radius 1 is 1.10 bits per heavy atom. The second-order valence-corrected chi connectivity index (χ2v) is 4.50. The topological polar surface area (TPSA) is 47.6 Å². The van der Waals surface area contributed by atoms with Gasteiger partial charge in [-0.25, -0.2) is 4.39 Å². The van der Waals surface area contributed by atoms with Gasteiger partial charge in [0.15, 0.2) is 0 Å². The van der Waals surface area contributed by atoms with E-state index < -0.39 is 11.7 Å². The number of aryl methyl sites for hydroxylation is 1. The smallest absolute Gasteiger partial charge is 0.259 e. The van der Waals surface area contributed by atoms with E-state index in [0.717, 1.165) is 5.56 Å². The maximum absolute atomic E-state index is 13.8. The lowest BCUT2D eigenvalue weighted by Crippen LogP contribution is -2.14. The minimum absolute atomic E-state index is 0.121. The predicted molar refractivity (Wildman–Crippen MR) is 78.6 cm³/mol. The maximum atomic E-state index is 13.8. The van der Waals surface area contributed by atoms with Gasteiger partial charge in [-0.2, -0.15) is 0 Å². The molecule has 0 heterocycles. The van der Waals surface area contributed by atoms with Crippen molar-refractivity contribution in [2.45, 2.75) is 6.92 Å². The number of halogens is 1. The van der Waals surface area contributed by atoms with Crippen molar-refractivity contribution in [3.05, 3.63) is 53.3 Å². The molecule has 0 saturated heterocycles. The summed E-state index contributed by atoms with van der Waals surface area (Å²) in [4.78, 5) is 12.3. The molecule has 4 nitrogen and oxygen atoms in total. The number of hydrogen-bond donors (Lipinski definition) is 1. The SMILES string of the molecule is COc1ccc(OC)c(C(=O)Nc2ccc(C)cc2F)c1. The van der Waals surface area contributed by atoms with Crippen molar-refractivity contribution in [2.24, 2.45) is 0 Å². The van der Waals surface area contributed by atoms with Crippen molar-refractivity contribution < 1.29 is 18.7 Å². The Labute approximate surface area is 122 Å². The highest BCUT2D eigenvalue weighted by Gasteiger charge is 2.15. The molecule has 0 aliphatic heterocycles. The lowest BCUT2D eigenvalue weighted by Gasteiger charge is -2.11. The van der Waals surface area contributed by atoms with Crippen LogP contribution in [0.25, 0.3) is 0 Å². The Balaban J connectivity index is 2.31. The van der Waals surface area contributed by atoms with Crippen molar-refractivity contribution in [1.29, 1.82) is 0 Å². The van der Waals surface area contributed by atoms with Gasteiger partial charge < -0.3 is 14.8 Å². The van der Waals surface area contributed by atoms with E-state index in [4.69, 9.17) is 9.47 Å². The molecule has 1 N–H and O–H groups in total. The van der Waals surface area contributed by atoms with Crippen LogP contribution in [-0.2, 0) is 0 Å². The van der Waals surface area contributed by atoms with Crippen molar-refractivity contribution >= 4 is 11.6 Å². The molecule has 0 aromatic heterocycles. The van der Waals surface area contributed by atoms with E-state index in [1.54, 1.807) is 31.2 Å². The average molecular weight is 289 g/mol. The molecule has 5 heteroatoms. The van der Waals surface area contributed by atoms with Gasteiger partial charge in [0.25, 0.3) is 5.91 Å². The summed E-state index contributed by atoms with van der Waals surface area (Å²) in [6.07, 6.45) is 0. The number of nitrogens with one attached hydrogen (secondary N) is 1. The van der Waals surface area contributed by atoms with Gasteiger partial charge in [0.2, 0.25) is 0 Å². The van der Waals surface area contributed by atoms with Crippen LogP contribution >= 0.6 is 0 Å². The van der Waals surface area contributed by atoms with Crippen LogP contribution in [-0.4, -0.2) is 20.1 Å². The fourth-order valence-electron chi connectivity index (χ4n) is 1.90. The van der Waals surface area contributed by atoms with E-state index in [1.165, 1.54) is 26.4 Å². The first kappa shape index (κ1) is 14.8. The van der Waals surface area contributed by atoms with Gasteiger partial charge in [-0.1, -0.05) is 6.07 Å². The van der Waals surface area contributed by atoms with Gasteiger partial charge in [-0.15, -0.1) is 0 Å². The van der Waals surface area contributed by atoms with E-state index in [-0.39, 0.29) is 11.3 Å². The third-order valence-corrected chi connectivity index (χ3v) is 3.02. The molecular weight excluding hydrogens is 273 g/mol. The fourth-order valence-corrected chi connectivity index (χ4v) is 1.90. The molecule has 0 radical (unpaired) electrons. The third kappa shape index (κ3) is 3.31. The van der Waals surface area contributed by atoms with Crippen LogP contribution in [0.2, 0.25) is 0 Å². The van der Waals surface area contributed by atoms with E-state index in [1.807, 2.05) is 0 Å². The highest BCUT2D eigenvalue weighted by atomic mass is 19.1. The van der Waals surface area contributed by atoms with Crippen molar-refractivity contribution in [3.8, 4) is 11.5 Å². The zero-order valence-electron chi connectivity index (χ0n) is 12.1. The Bertz CT molecular complexity index is 671. The average Bonchev–Trinajstić information content (AvgIpc) is 2.49. The Hall–Kier alpha value is -2.56. The number of ether oxygens (including phenoxy) is 2. The van der Waals surface area contributed by atoms with E-state index in [2.05, 4.69) is 5.32 Å². The summed E-state index contributed by atoms with van der Waals surface area (Å²) in [7, 11) is 2.97. The molecular formula is C16H16FNO3. The lowest BCUT2D eigenvalue weighted by molar-refractivity contribution is 0.102. The molecule has 21 heavy (non-hydrogen) atoms. The van der Waals surface area contributed by atoms with Crippen LogP contribution in [0, 0.1) is 12.7 Å². The summed E-state index contributed by atoms with van der Waals surface area (Å²) in [6, 6.07) is 9.46. The lowest BCUT2D eigenvalue weighted by atomic mass is 10.1. The monoisotopic (exact) mass is 289 g/mol. The molecule has 1 amide bonds. The summed E-state index contributed by atoms with van der Waals surface area (Å²) in [5.74, 6) is -0.0372. The van der Waals surface area contributed by atoms with Crippen LogP contribution in [0.3, 0.4) is 0 Å². The Kier molecular flexibility index (Phi) is 4.42. The first-order valence-electron chi connectivity index (χ1n) is 6.34. The van der Waals surface area contributed by atoms with Gasteiger partial charge in [0, 0.05) is 0 Å². The zero-order valence-corrected chi connectivity index (χ0v) is 12.1. The van der Waals surface area contributed by atoms with Crippen molar-refractivity contribution in [1.82, 2.24) is 0 Å². The van der Waals surface area contributed by atoms with Gasteiger partial charge in [0.05, 0.1) is 25.5 Å². The van der Waals surface area contributed by atoms with Crippen molar-refractivity contribution in [2.75, 3.05) is 19.5 Å². The van der Waals surface area contributed by atoms with Crippen LogP contribution in [0.15, 0.2) is 36.4 Å². The predicted octanol–water partition coefficient (Wildman–Crippen LogP) is 3.40. The minimum atomic E-state index is -0.481. The summed E-state index contributed by atoms with van der Waals surface area (Å²) in [5, 5.41) is 2.53. The molecule has 2 rings (SSSR count). The number of benzene rings is 2. The van der Waals surface area contributed by atoms with E-state index >= 15 is 0 Å². The van der Waals surface area contributed by atoms with Gasteiger partial charge in [-0.05, 0) is 42.8 Å². The number of carbonyl (C=O) groups excluding carboxylic acids is 1. The third-order valence-electron chi connectivity index (χ3n) is 3.02. The van der Waals surface area contributed by atoms with Gasteiger partial charge in [0.1, 0.15) is 17.3 Å². The quantitative estimate of drug-likeness (QED) is 0.938. The van der Waals surface area contributed by atoms with Crippen LogP contribution in [0.1, 0.15) is 15.9 Å². The standard InChI is InChI=1S/C16H16FNO3/c1-10-4-6-14(13(17)8-10)18-16(19)12-9-11(20-2)5-7-15(12)21-3/h4-9H,1-3H3,(H,18,19). The van der Waals surface area contributed by atoms with E-state index in [9.17, 15) is 9.18 Å². The molecule has 0 saturated carbocycles. The molecule has 0 aliphatic carbocycles. The van der Waals surface area contributed by atoms with Crippen molar-refractivity contribution in [3.63, 3.8) is 0 Å². The molecule has 0 fully saturated rings. The number of carbonyl (C=O) groups is 1. The largest absolute Gasteiger partial charge is 0.497 e. The minimum Gasteiger partial charge on any atom is -0.497 e. The van der Waals surface area contributed by atoms with Gasteiger partial charge >= 0.3 is 0 Å². The summed E-state index contributed by atoms with van der Waals surface area (Å²) < 4.78 is 24.0. The second kappa shape index (κ2) is 6.26. The normalized spacial score (nSPS) is 10.1. The molecule has 2 aromatic carbocycles. The molecule has 0 spiro atoms. The zero-order chi connectivity index (χ0) is 15.4. The molecule has 0 unspecified atom stereocenters. The number of methoxy groups -OCH3 is 2. The Morgan fingerprint density at radius 2 is 1.86 bits per heavy atom. The van der Waals surface area contributed by atoms with Gasteiger partial charge in [-0.3, -0.25) is 4.79 Å². The fraction of sp³-hybridized carbons (Fsp3) is 0.188. The highest BCUT2D eigenvalue weighted by Crippen LogP contribution is 2.25. The number of hydrogen-bond acceptors (Lipinski definition) is 3. The number of amides is 1. The summed E-state index contributed by atoms with van der Waals surface area (Å²) in [5.41, 5.74) is 1.18. The van der Waals surface area contributed by atoms with Crippen LogP contribution in [0.5, 0.6) is 11.5 Å². The summed E-state index contributed by atoms with van der Waals surface area (Å²) in [6.45, 7) is 1.78. The first-order chi connectivity index (χ1) is 10.0. The molecule has 0 atom stereocenters. The number of rotatable bonds is 4. The molecule has 2 aromatic rings. The highest BCUT2D eigenvalue weighted by molar-refractivity contribution is 6.06. The first-order valence-corrected chi connectivity index (χ1v) is 6.34. The molecule has 0 aliphatic rings. The number of anilines is 1. The summed E-state index contributed by atoms with van der Waals surface area (Å²) >= 11 is 0. The maximum Gasteiger partial charge on any atom is 0.259 e. The molecule has 110 valence electrons. The van der Waals surface area contributed by atoms with Crippen LogP contribution < -0.4 is 14.8 Å². The van der Waals surface area contributed by atoms with E-state index in [0.29, 0.717) is 11.5 Å².